The van der Waals surface area contributed by atoms with E-state index in [1.807, 2.05) is 49.5 Å². The molecule has 8 heteroatoms. The Kier molecular flexibility index (Phi) is 4.71. The second kappa shape index (κ2) is 7.46. The third kappa shape index (κ3) is 3.75. The Morgan fingerprint density at radius 3 is 2.85 bits per heavy atom. The smallest absolute Gasteiger partial charge is 0.263 e. The molecule has 1 amide bonds. The molecule has 0 atom stereocenters. The minimum Gasteiger partial charge on any atom is -0.347 e. The van der Waals surface area contributed by atoms with Crippen molar-refractivity contribution in [3.05, 3.63) is 77.3 Å². The van der Waals surface area contributed by atoms with Crippen LogP contribution in [0.2, 0.25) is 0 Å². The van der Waals surface area contributed by atoms with Crippen molar-refractivity contribution in [1.82, 2.24) is 30.0 Å². The third-order valence-electron chi connectivity index (χ3n) is 3.89. The number of carbonyl (C=O) groups is 1. The first kappa shape index (κ1) is 17.0. The average Bonchev–Trinajstić information content (AvgIpc) is 3.37. The highest BCUT2D eigenvalue weighted by Gasteiger charge is 2.16. The zero-order valence-electron chi connectivity index (χ0n) is 14.5. The molecule has 0 spiro atoms. The van der Waals surface area contributed by atoms with Crippen LogP contribution >= 0.6 is 11.3 Å². The lowest BCUT2D eigenvalue weighted by Crippen LogP contribution is -2.22. The van der Waals surface area contributed by atoms with Crippen LogP contribution in [0.3, 0.4) is 0 Å². The molecule has 0 saturated carbocycles. The number of thiazole rings is 1. The molecule has 134 valence electrons. The summed E-state index contributed by atoms with van der Waals surface area (Å²) in [6.07, 6.45) is 6.94. The number of rotatable bonds is 5. The van der Waals surface area contributed by atoms with Crippen molar-refractivity contribution in [1.29, 1.82) is 0 Å². The summed E-state index contributed by atoms with van der Waals surface area (Å²) < 4.78 is 1.68. The number of nitrogens with zero attached hydrogens (tertiary/aromatic N) is 5. The number of pyridine rings is 2. The zero-order valence-corrected chi connectivity index (χ0v) is 15.3. The molecule has 0 fully saturated rings. The van der Waals surface area contributed by atoms with Gasteiger partial charge in [0.05, 0.1) is 11.4 Å². The molecule has 7 nitrogen and oxygen atoms in total. The lowest BCUT2D eigenvalue weighted by atomic mass is 10.2. The molecule has 4 rings (SSSR count). The number of aromatic nitrogens is 5. The van der Waals surface area contributed by atoms with Crippen molar-refractivity contribution in [2.75, 3.05) is 0 Å². The van der Waals surface area contributed by atoms with Crippen molar-refractivity contribution in [3.8, 4) is 16.5 Å². The second-order valence-corrected chi connectivity index (χ2v) is 6.80. The highest BCUT2D eigenvalue weighted by molar-refractivity contribution is 7.17. The van der Waals surface area contributed by atoms with Gasteiger partial charge in [-0.05, 0) is 42.8 Å². The summed E-state index contributed by atoms with van der Waals surface area (Å²) in [6, 6.07) is 11.2. The molecule has 27 heavy (non-hydrogen) atoms. The Bertz CT molecular complexity index is 1060. The van der Waals surface area contributed by atoms with Crippen molar-refractivity contribution >= 4 is 17.2 Å². The predicted molar refractivity (Wildman–Crippen MR) is 103 cm³/mol. The number of amides is 1. The van der Waals surface area contributed by atoms with Gasteiger partial charge in [-0.2, -0.15) is 5.10 Å². The molecule has 4 heterocycles. The maximum absolute atomic E-state index is 12.6. The maximum atomic E-state index is 12.6. The van der Waals surface area contributed by atoms with E-state index in [0.29, 0.717) is 22.9 Å². The van der Waals surface area contributed by atoms with Crippen LogP contribution in [-0.4, -0.2) is 30.6 Å². The van der Waals surface area contributed by atoms with Gasteiger partial charge in [0.2, 0.25) is 0 Å². The molecule has 0 radical (unpaired) electrons. The van der Waals surface area contributed by atoms with E-state index >= 15 is 0 Å². The van der Waals surface area contributed by atoms with E-state index in [2.05, 4.69) is 25.4 Å². The van der Waals surface area contributed by atoms with E-state index < -0.39 is 0 Å². The van der Waals surface area contributed by atoms with Gasteiger partial charge in [0.15, 0.2) is 5.82 Å². The SMILES string of the molecule is Cc1nc(-c2ccccn2)sc1C(=O)NCc1ccnc(-n2cccn2)c1. The fourth-order valence-corrected chi connectivity index (χ4v) is 3.53. The summed E-state index contributed by atoms with van der Waals surface area (Å²) >= 11 is 1.34. The summed E-state index contributed by atoms with van der Waals surface area (Å²) in [5.74, 6) is 0.558. The number of carbonyl (C=O) groups excluding carboxylic acids is 1. The molecule has 0 saturated heterocycles. The van der Waals surface area contributed by atoms with Crippen LogP contribution in [0, 0.1) is 6.92 Å². The molecule has 0 unspecified atom stereocenters. The maximum Gasteiger partial charge on any atom is 0.263 e. The van der Waals surface area contributed by atoms with E-state index in [1.54, 1.807) is 23.3 Å². The Balaban J connectivity index is 1.47. The highest BCUT2D eigenvalue weighted by atomic mass is 32.1. The van der Waals surface area contributed by atoms with Gasteiger partial charge in [-0.1, -0.05) is 6.07 Å². The number of hydrogen-bond donors (Lipinski definition) is 1. The van der Waals surface area contributed by atoms with Gasteiger partial charge in [-0.3, -0.25) is 9.78 Å². The van der Waals surface area contributed by atoms with Crippen LogP contribution in [-0.2, 0) is 6.54 Å². The Morgan fingerprint density at radius 1 is 1.15 bits per heavy atom. The highest BCUT2D eigenvalue weighted by Crippen LogP contribution is 2.26. The topological polar surface area (TPSA) is 85.6 Å². The van der Waals surface area contributed by atoms with Gasteiger partial charge >= 0.3 is 0 Å². The number of nitrogens with one attached hydrogen (secondary N) is 1. The predicted octanol–water partition coefficient (Wildman–Crippen LogP) is 3.02. The largest absolute Gasteiger partial charge is 0.347 e. The lowest BCUT2D eigenvalue weighted by Gasteiger charge is -2.06. The lowest BCUT2D eigenvalue weighted by molar-refractivity contribution is 0.0954. The Morgan fingerprint density at radius 2 is 2.07 bits per heavy atom. The van der Waals surface area contributed by atoms with Gasteiger partial charge in [0.1, 0.15) is 9.88 Å². The zero-order chi connectivity index (χ0) is 18.6. The normalized spacial score (nSPS) is 10.7. The first-order valence-corrected chi connectivity index (χ1v) is 9.14. The summed E-state index contributed by atoms with van der Waals surface area (Å²) in [5.41, 5.74) is 2.41. The first-order valence-electron chi connectivity index (χ1n) is 8.33. The Labute approximate surface area is 159 Å². The van der Waals surface area contributed by atoms with Crippen LogP contribution < -0.4 is 5.32 Å². The van der Waals surface area contributed by atoms with Crippen LogP contribution in [0.4, 0.5) is 0 Å². The second-order valence-electron chi connectivity index (χ2n) is 5.80. The average molecular weight is 376 g/mol. The Hall–Kier alpha value is -3.39. The minimum atomic E-state index is -0.148. The standard InChI is InChI=1S/C19H16N6OS/c1-13-17(27-19(24-13)15-5-2-3-7-20-15)18(26)22-12-14-6-9-21-16(11-14)25-10-4-8-23-25/h2-11H,12H2,1H3,(H,22,26). The van der Waals surface area contributed by atoms with Crippen LogP contribution in [0.1, 0.15) is 20.9 Å². The summed E-state index contributed by atoms with van der Waals surface area (Å²) in [4.78, 5) is 26.3. The van der Waals surface area contributed by atoms with E-state index in [-0.39, 0.29) is 5.91 Å². The monoisotopic (exact) mass is 376 g/mol. The molecule has 4 aromatic heterocycles. The number of aryl methyl sites for hydroxylation is 1. The molecule has 0 aliphatic rings. The van der Waals surface area contributed by atoms with Crippen LogP contribution in [0.5, 0.6) is 0 Å². The van der Waals surface area contributed by atoms with Gasteiger partial charge < -0.3 is 5.32 Å². The van der Waals surface area contributed by atoms with E-state index in [4.69, 9.17) is 0 Å². The summed E-state index contributed by atoms with van der Waals surface area (Å²) in [5, 5.41) is 7.85. The van der Waals surface area contributed by atoms with Gasteiger partial charge in [0, 0.05) is 31.3 Å². The van der Waals surface area contributed by atoms with Gasteiger partial charge in [0.25, 0.3) is 5.91 Å². The van der Waals surface area contributed by atoms with E-state index in [0.717, 1.165) is 16.3 Å². The van der Waals surface area contributed by atoms with Crippen molar-refractivity contribution in [2.24, 2.45) is 0 Å². The molecule has 1 N–H and O–H groups in total. The molecule has 4 aromatic rings. The molecule has 0 aromatic carbocycles. The van der Waals surface area contributed by atoms with Crippen LogP contribution in [0.15, 0.2) is 61.2 Å². The van der Waals surface area contributed by atoms with Crippen LogP contribution in [0.25, 0.3) is 16.5 Å². The third-order valence-corrected chi connectivity index (χ3v) is 5.07. The molecular weight excluding hydrogens is 360 g/mol. The van der Waals surface area contributed by atoms with Gasteiger partial charge in [-0.15, -0.1) is 11.3 Å². The van der Waals surface area contributed by atoms with E-state index in [1.165, 1.54) is 11.3 Å². The number of hydrogen-bond acceptors (Lipinski definition) is 6. The minimum absolute atomic E-state index is 0.148. The summed E-state index contributed by atoms with van der Waals surface area (Å²) in [6.45, 7) is 2.23. The molecule has 0 aliphatic heterocycles. The quantitative estimate of drug-likeness (QED) is 0.579. The summed E-state index contributed by atoms with van der Waals surface area (Å²) in [7, 11) is 0. The fourth-order valence-electron chi connectivity index (χ4n) is 2.57. The molecular formula is C19H16N6OS. The molecule has 0 bridgehead atoms. The van der Waals surface area contributed by atoms with Gasteiger partial charge in [-0.25, -0.2) is 14.6 Å². The first-order chi connectivity index (χ1) is 13.2. The van der Waals surface area contributed by atoms with Crippen molar-refractivity contribution in [2.45, 2.75) is 13.5 Å². The van der Waals surface area contributed by atoms with Crippen molar-refractivity contribution in [3.63, 3.8) is 0 Å². The fraction of sp³-hybridized carbons (Fsp3) is 0.105. The molecule has 0 aliphatic carbocycles. The van der Waals surface area contributed by atoms with E-state index in [9.17, 15) is 4.79 Å². The van der Waals surface area contributed by atoms with Crippen molar-refractivity contribution < 1.29 is 4.79 Å².